The summed E-state index contributed by atoms with van der Waals surface area (Å²) in [6.07, 6.45) is 1.73. The van der Waals surface area contributed by atoms with Crippen LogP contribution in [0.3, 0.4) is 0 Å². The Morgan fingerprint density at radius 1 is 0.676 bits per heavy atom. The SMILES string of the molecule is Cc1c(Cl)nc2cc(F)ccc2c1Cl.Cc1ccnc(-c2nc3cc(F)ccc3c(Cl)c2C)c1. The number of nitrogens with zero attached hydrogens (tertiary/aromatic N) is 3. The molecule has 0 saturated heterocycles. The molecule has 172 valence electrons. The summed E-state index contributed by atoms with van der Waals surface area (Å²) < 4.78 is 26.2. The first-order valence-electron chi connectivity index (χ1n) is 10.2. The van der Waals surface area contributed by atoms with Crippen LogP contribution in [0, 0.1) is 32.4 Å². The molecule has 3 heterocycles. The number of benzene rings is 2. The molecule has 34 heavy (non-hydrogen) atoms. The van der Waals surface area contributed by atoms with Crippen LogP contribution < -0.4 is 0 Å². The summed E-state index contributed by atoms with van der Waals surface area (Å²) in [5, 5.41) is 2.90. The Labute approximate surface area is 210 Å². The number of fused-ring (bicyclic) bond motifs is 2. The second-order valence-electron chi connectivity index (χ2n) is 7.78. The highest BCUT2D eigenvalue weighted by atomic mass is 35.5. The topological polar surface area (TPSA) is 38.7 Å². The van der Waals surface area contributed by atoms with Gasteiger partial charge in [0, 0.05) is 34.7 Å². The molecular formula is C26H18Cl3F2N3. The Bertz CT molecular complexity index is 1550. The van der Waals surface area contributed by atoms with Crippen LogP contribution in [0.4, 0.5) is 8.78 Å². The van der Waals surface area contributed by atoms with Gasteiger partial charge >= 0.3 is 0 Å². The van der Waals surface area contributed by atoms with E-state index in [9.17, 15) is 8.78 Å². The maximum Gasteiger partial charge on any atom is 0.134 e. The molecule has 0 atom stereocenters. The van der Waals surface area contributed by atoms with Gasteiger partial charge in [-0.1, -0.05) is 34.8 Å². The fourth-order valence-electron chi connectivity index (χ4n) is 3.47. The third-order valence-electron chi connectivity index (χ3n) is 5.32. The van der Waals surface area contributed by atoms with Gasteiger partial charge in [0.15, 0.2) is 0 Å². The predicted octanol–water partition coefficient (Wildman–Crippen LogP) is 8.70. The van der Waals surface area contributed by atoms with Crippen molar-refractivity contribution in [1.82, 2.24) is 15.0 Å². The van der Waals surface area contributed by atoms with E-state index in [0.717, 1.165) is 27.6 Å². The van der Waals surface area contributed by atoms with E-state index in [1.807, 2.05) is 26.0 Å². The van der Waals surface area contributed by atoms with Crippen molar-refractivity contribution in [3.8, 4) is 11.4 Å². The standard InChI is InChI=1S/C16H12ClFN2.C10H6Cl2FN/c1-9-5-6-19-14(7-9)16-10(2)15(17)12-4-3-11(18)8-13(12)20-16;1-5-9(11)7-3-2-6(13)4-8(7)14-10(5)12/h3-8H,1-2H3;2-4H,1H3. The van der Waals surface area contributed by atoms with E-state index < -0.39 is 0 Å². The molecule has 0 fully saturated rings. The van der Waals surface area contributed by atoms with Crippen molar-refractivity contribution in [2.75, 3.05) is 0 Å². The summed E-state index contributed by atoms with van der Waals surface area (Å²) >= 11 is 18.2. The summed E-state index contributed by atoms with van der Waals surface area (Å²) in [5.41, 5.74) is 5.11. The summed E-state index contributed by atoms with van der Waals surface area (Å²) in [6, 6.07) is 12.6. The average Bonchev–Trinajstić information content (AvgIpc) is 2.80. The second kappa shape index (κ2) is 9.79. The number of pyridine rings is 3. The molecule has 3 aromatic heterocycles. The first-order chi connectivity index (χ1) is 16.2. The minimum atomic E-state index is -0.346. The van der Waals surface area contributed by atoms with Crippen molar-refractivity contribution in [3.63, 3.8) is 0 Å². The van der Waals surface area contributed by atoms with Gasteiger partial charge in [-0.05, 0) is 68.3 Å². The Morgan fingerprint density at radius 3 is 1.82 bits per heavy atom. The molecule has 0 bridgehead atoms. The van der Waals surface area contributed by atoms with Gasteiger partial charge in [0.1, 0.15) is 16.8 Å². The maximum atomic E-state index is 13.4. The van der Waals surface area contributed by atoms with Crippen molar-refractivity contribution in [1.29, 1.82) is 0 Å². The fourth-order valence-corrected chi connectivity index (χ4v) is 4.21. The van der Waals surface area contributed by atoms with Crippen LogP contribution in [0.15, 0.2) is 54.7 Å². The fraction of sp³-hybridized carbons (Fsp3) is 0.115. The summed E-state index contributed by atoms with van der Waals surface area (Å²) in [4.78, 5) is 12.9. The highest BCUT2D eigenvalue weighted by Crippen LogP contribution is 2.33. The van der Waals surface area contributed by atoms with Crippen molar-refractivity contribution in [3.05, 3.63) is 98.3 Å². The molecule has 5 aromatic rings. The quantitative estimate of drug-likeness (QED) is 0.209. The molecule has 0 aliphatic heterocycles. The smallest absolute Gasteiger partial charge is 0.134 e. The second-order valence-corrected chi connectivity index (χ2v) is 8.90. The molecular weight excluding hydrogens is 499 g/mol. The highest BCUT2D eigenvalue weighted by Gasteiger charge is 2.13. The Kier molecular flexibility index (Phi) is 6.99. The molecule has 2 aromatic carbocycles. The van der Waals surface area contributed by atoms with E-state index in [2.05, 4.69) is 15.0 Å². The van der Waals surface area contributed by atoms with Gasteiger partial charge in [-0.2, -0.15) is 0 Å². The maximum absolute atomic E-state index is 13.4. The summed E-state index contributed by atoms with van der Waals surface area (Å²) in [7, 11) is 0. The lowest BCUT2D eigenvalue weighted by molar-refractivity contribution is 0.629. The number of hydrogen-bond acceptors (Lipinski definition) is 3. The van der Waals surface area contributed by atoms with Gasteiger partial charge in [-0.15, -0.1) is 0 Å². The van der Waals surface area contributed by atoms with E-state index >= 15 is 0 Å². The minimum Gasteiger partial charge on any atom is -0.255 e. The van der Waals surface area contributed by atoms with Crippen LogP contribution in [-0.2, 0) is 0 Å². The zero-order valence-electron chi connectivity index (χ0n) is 18.4. The van der Waals surface area contributed by atoms with Crippen LogP contribution in [-0.4, -0.2) is 15.0 Å². The van der Waals surface area contributed by atoms with Crippen LogP contribution in [0.25, 0.3) is 33.2 Å². The lowest BCUT2D eigenvalue weighted by atomic mass is 10.1. The lowest BCUT2D eigenvalue weighted by Gasteiger charge is -2.10. The number of rotatable bonds is 1. The molecule has 0 N–H and O–H groups in total. The summed E-state index contributed by atoms with van der Waals surface area (Å²) in [6.45, 7) is 5.67. The van der Waals surface area contributed by atoms with Gasteiger partial charge in [0.05, 0.1) is 32.5 Å². The Morgan fingerprint density at radius 2 is 1.24 bits per heavy atom. The third kappa shape index (κ3) is 4.83. The number of halogens is 5. The van der Waals surface area contributed by atoms with E-state index in [-0.39, 0.29) is 11.6 Å². The van der Waals surface area contributed by atoms with Crippen LogP contribution in [0.5, 0.6) is 0 Å². The van der Waals surface area contributed by atoms with Crippen LogP contribution >= 0.6 is 34.8 Å². The van der Waals surface area contributed by atoms with Gasteiger partial charge < -0.3 is 0 Å². The minimum absolute atomic E-state index is 0.313. The molecule has 3 nitrogen and oxygen atoms in total. The van der Waals surface area contributed by atoms with Crippen molar-refractivity contribution >= 4 is 56.6 Å². The van der Waals surface area contributed by atoms with Crippen molar-refractivity contribution in [2.45, 2.75) is 20.8 Å². The number of aromatic nitrogens is 3. The molecule has 0 amide bonds. The van der Waals surface area contributed by atoms with E-state index in [1.54, 1.807) is 25.3 Å². The summed E-state index contributed by atoms with van der Waals surface area (Å²) in [5.74, 6) is -0.672. The van der Waals surface area contributed by atoms with Crippen molar-refractivity contribution in [2.24, 2.45) is 0 Å². The molecule has 0 radical (unpaired) electrons. The Balaban J connectivity index is 0.000000172. The van der Waals surface area contributed by atoms with Crippen LogP contribution in [0.1, 0.15) is 16.7 Å². The normalized spacial score (nSPS) is 10.9. The largest absolute Gasteiger partial charge is 0.255 e. The van der Waals surface area contributed by atoms with E-state index in [1.165, 1.54) is 24.3 Å². The molecule has 0 saturated carbocycles. The van der Waals surface area contributed by atoms with Gasteiger partial charge in [-0.25, -0.2) is 18.7 Å². The molecule has 0 spiro atoms. The van der Waals surface area contributed by atoms with E-state index in [0.29, 0.717) is 37.5 Å². The zero-order chi connectivity index (χ0) is 24.6. The number of hydrogen-bond donors (Lipinski definition) is 0. The molecule has 8 heteroatoms. The van der Waals surface area contributed by atoms with Gasteiger partial charge in [0.25, 0.3) is 0 Å². The predicted molar refractivity (Wildman–Crippen MR) is 136 cm³/mol. The number of aryl methyl sites for hydroxylation is 1. The van der Waals surface area contributed by atoms with Crippen molar-refractivity contribution < 1.29 is 8.78 Å². The monoisotopic (exact) mass is 515 g/mol. The molecule has 5 rings (SSSR count). The molecule has 0 aliphatic rings. The Hall–Kier alpha value is -2.86. The highest BCUT2D eigenvalue weighted by molar-refractivity contribution is 6.39. The third-order valence-corrected chi connectivity index (χ3v) is 6.67. The zero-order valence-corrected chi connectivity index (χ0v) is 20.7. The van der Waals surface area contributed by atoms with Crippen LogP contribution in [0.2, 0.25) is 15.2 Å². The molecule has 0 unspecified atom stereocenters. The lowest BCUT2D eigenvalue weighted by Crippen LogP contribution is -1.95. The first-order valence-corrected chi connectivity index (χ1v) is 11.4. The first kappa shape index (κ1) is 24.3. The van der Waals surface area contributed by atoms with E-state index in [4.69, 9.17) is 34.8 Å². The van der Waals surface area contributed by atoms with Gasteiger partial charge in [-0.3, -0.25) is 4.98 Å². The van der Waals surface area contributed by atoms with Gasteiger partial charge in [0.2, 0.25) is 0 Å². The molecule has 0 aliphatic carbocycles. The average molecular weight is 517 g/mol.